The highest BCUT2D eigenvalue weighted by Gasteiger charge is 2.40. The lowest BCUT2D eigenvalue weighted by atomic mass is 9.95. The van der Waals surface area contributed by atoms with E-state index in [-0.39, 0.29) is 23.2 Å². The van der Waals surface area contributed by atoms with Gasteiger partial charge in [-0.3, -0.25) is 9.78 Å². The summed E-state index contributed by atoms with van der Waals surface area (Å²) in [6.45, 7) is 5.28. The number of ether oxygens (including phenoxy) is 3. The summed E-state index contributed by atoms with van der Waals surface area (Å²) in [6.07, 6.45) is 3.23. The largest absolute Gasteiger partial charge is 0.494 e. The molecule has 0 aliphatic carbocycles. The zero-order chi connectivity index (χ0) is 29.1. The minimum absolute atomic E-state index is 0.0601. The van der Waals surface area contributed by atoms with Gasteiger partial charge in [0.2, 0.25) is 0 Å². The number of fused-ring (bicyclic) bond motifs is 3. The molecule has 0 atom stereocenters. The van der Waals surface area contributed by atoms with Gasteiger partial charge >= 0.3 is 0 Å². The molecule has 1 fully saturated rings. The average Bonchev–Trinajstić information content (AvgIpc) is 3.32. The van der Waals surface area contributed by atoms with Crippen LogP contribution in [0, 0.1) is 0 Å². The fraction of sp³-hybridized carbons (Fsp3) is 0.276. The van der Waals surface area contributed by atoms with Crippen LogP contribution in [0.4, 0.5) is 5.69 Å². The molecule has 212 valence electrons. The Morgan fingerprint density at radius 1 is 1.07 bits per heavy atom. The number of carbonyl (C=O) groups is 1. The number of rotatable bonds is 4. The molecule has 1 amide bonds. The summed E-state index contributed by atoms with van der Waals surface area (Å²) in [5.74, 6) is 0.578. The normalized spacial score (nSPS) is 15.6. The Morgan fingerprint density at radius 2 is 1.83 bits per heavy atom. The Labute approximate surface area is 251 Å². The number of hydrogen-bond acceptors (Lipinski definition) is 7. The van der Waals surface area contributed by atoms with Crippen molar-refractivity contribution in [1.82, 2.24) is 19.7 Å². The van der Waals surface area contributed by atoms with Crippen LogP contribution < -0.4 is 15.2 Å². The van der Waals surface area contributed by atoms with Gasteiger partial charge in [-0.1, -0.05) is 34.8 Å². The number of aromatic nitrogens is 3. The van der Waals surface area contributed by atoms with Gasteiger partial charge in [-0.05, 0) is 44.2 Å². The molecule has 0 radical (unpaired) electrons. The number of hydrogen-bond donors (Lipinski definition) is 1. The van der Waals surface area contributed by atoms with E-state index >= 15 is 0 Å². The van der Waals surface area contributed by atoms with Crippen LogP contribution in [0.3, 0.4) is 0 Å². The number of halogens is 3. The molecular weight excluding hydrogens is 589 g/mol. The lowest BCUT2D eigenvalue weighted by Crippen LogP contribution is -2.55. The van der Waals surface area contributed by atoms with Gasteiger partial charge < -0.3 is 24.8 Å². The number of benzene rings is 2. The number of nitrogen functional groups attached to an aromatic ring is 1. The van der Waals surface area contributed by atoms with Crippen molar-refractivity contribution in [1.29, 1.82) is 0 Å². The van der Waals surface area contributed by atoms with Gasteiger partial charge in [0.15, 0.2) is 11.4 Å². The zero-order valence-corrected chi connectivity index (χ0v) is 24.8. The lowest BCUT2D eigenvalue weighted by molar-refractivity contribution is -0.0374. The van der Waals surface area contributed by atoms with Crippen molar-refractivity contribution in [3.63, 3.8) is 0 Å². The minimum atomic E-state index is -0.525. The summed E-state index contributed by atoms with van der Waals surface area (Å²) in [5.41, 5.74) is 10.0. The molecule has 0 spiro atoms. The third kappa shape index (κ3) is 4.76. The maximum Gasteiger partial charge on any atom is 0.275 e. The molecule has 0 bridgehead atoms. The van der Waals surface area contributed by atoms with Crippen molar-refractivity contribution in [2.75, 3.05) is 32.6 Å². The van der Waals surface area contributed by atoms with Crippen molar-refractivity contribution in [2.45, 2.75) is 26.0 Å². The van der Waals surface area contributed by atoms with Gasteiger partial charge in [0.25, 0.3) is 5.91 Å². The van der Waals surface area contributed by atoms with Crippen molar-refractivity contribution in [3.8, 4) is 39.6 Å². The first-order valence-corrected chi connectivity index (χ1v) is 13.9. The molecule has 2 N–H and O–H groups in total. The molecule has 41 heavy (non-hydrogen) atoms. The molecule has 4 heterocycles. The third-order valence-electron chi connectivity index (χ3n) is 7.24. The summed E-state index contributed by atoms with van der Waals surface area (Å²) < 4.78 is 19.2. The standard InChI is InChI=1S/C29H26Cl3N5O4/c1-29(2)14-40-5-4-36(29)28(38)24-22-13-41-27-21(25(22)37(35-24)19-8-16(30)7-17(31)9-19)10-20(26(39-3)23(27)32)15-6-18(33)12-34-11-15/h6-12H,4-5,13-14,33H2,1-3H3. The van der Waals surface area contributed by atoms with Crippen molar-refractivity contribution < 1.29 is 19.0 Å². The Kier molecular flexibility index (Phi) is 7.02. The summed E-state index contributed by atoms with van der Waals surface area (Å²) >= 11 is 19.7. The molecule has 6 rings (SSSR count). The maximum atomic E-state index is 14.1. The van der Waals surface area contributed by atoms with Crippen LogP contribution in [0.5, 0.6) is 11.5 Å². The topological polar surface area (TPSA) is 105 Å². The summed E-state index contributed by atoms with van der Waals surface area (Å²) in [6, 6.07) is 8.76. The fourth-order valence-corrected chi connectivity index (χ4v) is 6.19. The van der Waals surface area contributed by atoms with Crippen LogP contribution in [-0.4, -0.2) is 58.0 Å². The first-order chi connectivity index (χ1) is 19.6. The Bertz CT molecular complexity index is 1680. The van der Waals surface area contributed by atoms with Crippen molar-refractivity contribution in [2.24, 2.45) is 0 Å². The second-order valence-electron chi connectivity index (χ2n) is 10.5. The highest BCUT2D eigenvalue weighted by Crippen LogP contribution is 2.51. The van der Waals surface area contributed by atoms with Crippen LogP contribution >= 0.6 is 34.8 Å². The quantitative estimate of drug-likeness (QED) is 0.288. The van der Waals surface area contributed by atoms with E-state index in [0.29, 0.717) is 80.6 Å². The molecule has 4 aromatic rings. The van der Waals surface area contributed by atoms with Gasteiger partial charge in [0.05, 0.1) is 42.9 Å². The highest BCUT2D eigenvalue weighted by molar-refractivity contribution is 6.35. The maximum absolute atomic E-state index is 14.1. The molecule has 0 saturated carbocycles. The van der Waals surface area contributed by atoms with Gasteiger partial charge in [0, 0.05) is 51.2 Å². The molecule has 1 saturated heterocycles. The average molecular weight is 615 g/mol. The van der Waals surface area contributed by atoms with Crippen LogP contribution in [0.2, 0.25) is 15.1 Å². The van der Waals surface area contributed by atoms with E-state index in [1.54, 1.807) is 46.2 Å². The smallest absolute Gasteiger partial charge is 0.275 e. The van der Waals surface area contributed by atoms with E-state index in [1.165, 1.54) is 7.11 Å². The van der Waals surface area contributed by atoms with E-state index in [1.807, 2.05) is 19.9 Å². The second-order valence-corrected chi connectivity index (χ2v) is 11.7. The van der Waals surface area contributed by atoms with Crippen LogP contribution in [-0.2, 0) is 11.3 Å². The molecule has 2 aromatic carbocycles. The molecule has 0 unspecified atom stereocenters. The fourth-order valence-electron chi connectivity index (χ4n) is 5.34. The number of anilines is 1. The molecule has 2 aliphatic rings. The lowest BCUT2D eigenvalue weighted by Gasteiger charge is -2.41. The number of methoxy groups -OCH3 is 1. The molecule has 9 nitrogen and oxygen atoms in total. The number of nitrogens with two attached hydrogens (primary N) is 1. The number of pyridine rings is 1. The number of carbonyl (C=O) groups excluding carboxylic acids is 1. The minimum Gasteiger partial charge on any atom is -0.494 e. The third-order valence-corrected chi connectivity index (χ3v) is 8.02. The van der Waals surface area contributed by atoms with Crippen molar-refractivity contribution >= 4 is 46.4 Å². The predicted molar refractivity (Wildman–Crippen MR) is 158 cm³/mol. The summed E-state index contributed by atoms with van der Waals surface area (Å²) in [4.78, 5) is 20.1. The molecule has 2 aromatic heterocycles. The van der Waals surface area contributed by atoms with Gasteiger partial charge in [-0.25, -0.2) is 4.68 Å². The Balaban J connectivity index is 1.63. The summed E-state index contributed by atoms with van der Waals surface area (Å²) in [7, 11) is 1.53. The monoisotopic (exact) mass is 613 g/mol. The van der Waals surface area contributed by atoms with E-state index in [9.17, 15) is 4.79 Å². The van der Waals surface area contributed by atoms with Gasteiger partial charge in [0.1, 0.15) is 17.4 Å². The van der Waals surface area contributed by atoms with Crippen molar-refractivity contribution in [3.05, 3.63) is 69.1 Å². The Hall–Kier alpha value is -3.50. The predicted octanol–water partition coefficient (Wildman–Crippen LogP) is 6.30. The SMILES string of the molecule is COc1c(-c2cncc(N)c2)cc2c(c1Cl)OCc1c(C(=O)N3CCOCC3(C)C)nn(-c3cc(Cl)cc(Cl)c3)c1-2. The van der Waals surface area contributed by atoms with Crippen LogP contribution in [0.25, 0.3) is 28.1 Å². The van der Waals surface area contributed by atoms with Gasteiger partial charge in [-0.2, -0.15) is 5.10 Å². The zero-order valence-electron chi connectivity index (χ0n) is 22.5. The van der Waals surface area contributed by atoms with E-state index in [2.05, 4.69) is 4.98 Å². The van der Waals surface area contributed by atoms with E-state index in [0.717, 1.165) is 0 Å². The number of nitrogens with zero attached hydrogens (tertiary/aromatic N) is 4. The first-order valence-electron chi connectivity index (χ1n) is 12.8. The van der Waals surface area contributed by atoms with Crippen LogP contribution in [0.1, 0.15) is 29.9 Å². The first kappa shape index (κ1) is 27.7. The molecule has 2 aliphatic heterocycles. The molecule has 12 heteroatoms. The van der Waals surface area contributed by atoms with Crippen LogP contribution in [0.15, 0.2) is 42.7 Å². The van der Waals surface area contributed by atoms with E-state index in [4.69, 9.17) is 59.8 Å². The number of morpholine rings is 1. The Morgan fingerprint density at radius 3 is 2.51 bits per heavy atom. The summed E-state index contributed by atoms with van der Waals surface area (Å²) in [5, 5.41) is 5.97. The van der Waals surface area contributed by atoms with E-state index < -0.39 is 5.54 Å². The second kappa shape index (κ2) is 10.4. The van der Waals surface area contributed by atoms with Gasteiger partial charge in [-0.15, -0.1) is 0 Å². The highest BCUT2D eigenvalue weighted by atomic mass is 35.5. The molecular formula is C29H26Cl3N5O4. The number of amides is 1.